The van der Waals surface area contributed by atoms with Crippen molar-refractivity contribution in [2.45, 2.75) is 73.3 Å². The van der Waals surface area contributed by atoms with E-state index in [1.165, 1.54) is 11.1 Å². The molecule has 6 nitrogen and oxygen atoms in total. The molecule has 0 radical (unpaired) electrons. The largest absolute Gasteiger partial charge is 0.374 e. The zero-order valence-electron chi connectivity index (χ0n) is 29.4. The fourth-order valence-electron chi connectivity index (χ4n) is 6.06. The summed E-state index contributed by atoms with van der Waals surface area (Å²) in [5.74, 6) is 1.98. The number of nitrogens with zero attached hydrogens (tertiary/aromatic N) is 4. The van der Waals surface area contributed by atoms with Gasteiger partial charge in [0.1, 0.15) is 0 Å². The molecule has 4 rings (SSSR count). The van der Waals surface area contributed by atoms with Crippen LogP contribution in [-0.2, 0) is 18.4 Å². The Labute approximate surface area is 277 Å². The molecule has 0 unspecified atom stereocenters. The summed E-state index contributed by atoms with van der Waals surface area (Å²) < 4.78 is 2.32. The summed E-state index contributed by atoms with van der Waals surface area (Å²) >= 11 is 0. The van der Waals surface area contributed by atoms with Crippen LogP contribution in [0.2, 0.25) is 0 Å². The van der Waals surface area contributed by atoms with Crippen LogP contribution in [0.1, 0.15) is 76.4 Å². The van der Waals surface area contributed by atoms with Crippen molar-refractivity contribution in [1.29, 1.82) is 0 Å². The number of hydrogen-bond donors (Lipinski definition) is 1. The number of hydrogen-bond acceptors (Lipinski definition) is 5. The van der Waals surface area contributed by atoms with Gasteiger partial charge in [-0.05, 0) is 92.7 Å². The Morgan fingerprint density at radius 3 is 2.20 bits per heavy atom. The van der Waals surface area contributed by atoms with E-state index in [1.807, 2.05) is 24.3 Å². The van der Waals surface area contributed by atoms with Gasteiger partial charge in [0.25, 0.3) is 0 Å². The van der Waals surface area contributed by atoms with Gasteiger partial charge in [0, 0.05) is 48.5 Å². The summed E-state index contributed by atoms with van der Waals surface area (Å²) in [6.07, 6.45) is 2.03. The number of allylic oxidation sites excluding steroid dienone is 1. The lowest BCUT2D eigenvalue weighted by Crippen LogP contribution is -2.38. The van der Waals surface area contributed by atoms with Crippen molar-refractivity contribution in [1.82, 2.24) is 19.4 Å². The first-order valence-corrected chi connectivity index (χ1v) is 16.9. The lowest BCUT2D eigenvalue weighted by atomic mass is 9.80. The molecule has 1 aromatic heterocycles. The Hall–Kier alpha value is -3.90. The van der Waals surface area contributed by atoms with Crippen LogP contribution in [-0.4, -0.2) is 58.4 Å². The third-order valence-corrected chi connectivity index (χ3v) is 8.84. The van der Waals surface area contributed by atoms with Crippen molar-refractivity contribution in [2.24, 2.45) is 11.8 Å². The van der Waals surface area contributed by atoms with Crippen molar-refractivity contribution < 1.29 is 4.79 Å². The number of anilines is 2. The van der Waals surface area contributed by atoms with E-state index >= 15 is 0 Å². The molecule has 6 heteroatoms. The minimum atomic E-state index is -0.249. The van der Waals surface area contributed by atoms with E-state index in [0.717, 1.165) is 73.9 Å². The summed E-state index contributed by atoms with van der Waals surface area (Å²) in [5.41, 5.74) is 7.21. The molecule has 46 heavy (non-hydrogen) atoms. The van der Waals surface area contributed by atoms with Gasteiger partial charge in [-0.2, -0.15) is 0 Å². The summed E-state index contributed by atoms with van der Waals surface area (Å²) in [7, 11) is 2.21. The quantitative estimate of drug-likeness (QED) is 0.119. The minimum absolute atomic E-state index is 0.0623. The third-order valence-electron chi connectivity index (χ3n) is 8.84. The number of carbonyl (C=O) groups excluding carboxylic acids is 1. The number of nitrogens with one attached hydrogen (secondary N) is 1. The zero-order chi connectivity index (χ0) is 33.4. The molecule has 0 spiro atoms. The summed E-state index contributed by atoms with van der Waals surface area (Å²) in [6, 6.07) is 25.0. The van der Waals surface area contributed by atoms with Gasteiger partial charge in [-0.15, -0.1) is 0 Å². The lowest BCUT2D eigenvalue weighted by molar-refractivity contribution is 0.101. The SMILES string of the molecule is C=C(N(CC(C)C)CC(C)C)C(C)(C)c1ccc2nc(Nc3ccc(C(C)=O)cc3)n(CCCN(C)CCc3ccccc3)c2c1. The van der Waals surface area contributed by atoms with Gasteiger partial charge in [-0.1, -0.05) is 84.5 Å². The smallest absolute Gasteiger partial charge is 0.208 e. The second kappa shape index (κ2) is 15.6. The van der Waals surface area contributed by atoms with Crippen molar-refractivity contribution in [3.63, 3.8) is 0 Å². The predicted octanol–water partition coefficient (Wildman–Crippen LogP) is 8.95. The number of Topliss-reactive ketones (excluding diaryl/α,β-unsaturated/α-hetero) is 1. The number of ketones is 1. The van der Waals surface area contributed by atoms with Crippen LogP contribution in [0.3, 0.4) is 0 Å². The van der Waals surface area contributed by atoms with E-state index in [1.54, 1.807) is 6.92 Å². The van der Waals surface area contributed by atoms with Crippen molar-refractivity contribution in [3.8, 4) is 0 Å². The van der Waals surface area contributed by atoms with E-state index in [2.05, 4.69) is 123 Å². The molecule has 0 fully saturated rings. The zero-order valence-corrected chi connectivity index (χ0v) is 29.4. The van der Waals surface area contributed by atoms with Crippen LogP contribution >= 0.6 is 0 Å². The average molecular weight is 622 g/mol. The number of likely N-dealkylation sites (N-methyl/N-ethyl adjacent to an activating group) is 1. The average Bonchev–Trinajstić information content (AvgIpc) is 3.35. The van der Waals surface area contributed by atoms with Crippen molar-refractivity contribution in [3.05, 3.63) is 102 Å². The van der Waals surface area contributed by atoms with Crippen LogP contribution in [0, 0.1) is 11.8 Å². The molecule has 0 aliphatic heterocycles. The van der Waals surface area contributed by atoms with Gasteiger partial charge in [0.05, 0.1) is 11.0 Å². The van der Waals surface area contributed by atoms with Crippen LogP contribution in [0.25, 0.3) is 11.0 Å². The highest BCUT2D eigenvalue weighted by Crippen LogP contribution is 2.36. The number of benzene rings is 3. The van der Waals surface area contributed by atoms with E-state index in [9.17, 15) is 4.79 Å². The molecule has 0 aliphatic carbocycles. The van der Waals surface area contributed by atoms with Crippen molar-refractivity contribution in [2.75, 3.05) is 38.5 Å². The second-order valence-corrected chi connectivity index (χ2v) is 14.2. The molecule has 1 heterocycles. The molecule has 0 saturated heterocycles. The van der Waals surface area contributed by atoms with Crippen LogP contribution in [0.5, 0.6) is 0 Å². The van der Waals surface area contributed by atoms with Gasteiger partial charge < -0.3 is 19.7 Å². The first kappa shape index (κ1) is 35.0. The molecule has 3 aromatic carbocycles. The monoisotopic (exact) mass is 621 g/mol. The molecule has 246 valence electrons. The molecule has 0 atom stereocenters. The standard InChI is InChI=1S/C40H55N5O/c1-29(2)27-44(28-30(3)4)32(6)40(7,8)35-18-21-37-38(26-35)45(24-13-23-43(9)25-22-33-14-11-10-12-15-33)39(42-37)41-36-19-16-34(17-20-36)31(5)46/h10-12,14-21,26,29-30H,6,13,22-25,27-28H2,1-5,7-9H3,(H,41,42). The Kier molecular flexibility index (Phi) is 11.9. The van der Waals surface area contributed by atoms with Gasteiger partial charge in [-0.25, -0.2) is 4.98 Å². The fraction of sp³-hybridized carbons (Fsp3) is 0.450. The molecule has 1 N–H and O–H groups in total. The van der Waals surface area contributed by atoms with E-state index in [0.29, 0.717) is 17.4 Å². The number of carbonyl (C=O) groups is 1. The molecule has 0 saturated carbocycles. The van der Waals surface area contributed by atoms with Crippen molar-refractivity contribution >= 4 is 28.5 Å². The van der Waals surface area contributed by atoms with Gasteiger partial charge in [0.15, 0.2) is 5.78 Å². The topological polar surface area (TPSA) is 53.4 Å². The first-order chi connectivity index (χ1) is 21.8. The van der Waals surface area contributed by atoms with Gasteiger partial charge >= 0.3 is 0 Å². The number of imidazole rings is 1. The maximum atomic E-state index is 11.8. The lowest BCUT2D eigenvalue weighted by Gasteiger charge is -2.39. The molecule has 4 aromatic rings. The molecule has 0 amide bonds. The highest BCUT2D eigenvalue weighted by molar-refractivity contribution is 5.94. The van der Waals surface area contributed by atoms with Crippen LogP contribution in [0.4, 0.5) is 11.6 Å². The Bertz CT molecular complexity index is 1570. The molecule has 0 aliphatic rings. The number of fused-ring (bicyclic) bond motifs is 1. The van der Waals surface area contributed by atoms with E-state index in [4.69, 9.17) is 4.98 Å². The highest BCUT2D eigenvalue weighted by atomic mass is 16.1. The van der Waals surface area contributed by atoms with Crippen LogP contribution in [0.15, 0.2) is 85.1 Å². The summed E-state index contributed by atoms with van der Waals surface area (Å²) in [4.78, 5) is 21.8. The summed E-state index contributed by atoms with van der Waals surface area (Å²) in [5, 5.41) is 3.56. The first-order valence-electron chi connectivity index (χ1n) is 16.9. The number of aromatic nitrogens is 2. The normalized spacial score (nSPS) is 12.0. The molecular formula is C40H55N5O. The fourth-order valence-corrected chi connectivity index (χ4v) is 6.06. The van der Waals surface area contributed by atoms with E-state index < -0.39 is 0 Å². The predicted molar refractivity (Wildman–Crippen MR) is 195 cm³/mol. The Balaban J connectivity index is 1.62. The van der Waals surface area contributed by atoms with Gasteiger partial charge in [-0.3, -0.25) is 4.79 Å². The third kappa shape index (κ3) is 9.10. The maximum absolute atomic E-state index is 11.8. The van der Waals surface area contributed by atoms with Crippen LogP contribution < -0.4 is 5.32 Å². The molecule has 0 bridgehead atoms. The second-order valence-electron chi connectivity index (χ2n) is 14.2. The summed E-state index contributed by atoms with van der Waals surface area (Å²) in [6.45, 7) is 24.8. The molecular weight excluding hydrogens is 566 g/mol. The Morgan fingerprint density at radius 2 is 1.59 bits per heavy atom. The number of rotatable bonds is 17. The minimum Gasteiger partial charge on any atom is -0.374 e. The van der Waals surface area contributed by atoms with E-state index in [-0.39, 0.29) is 11.2 Å². The maximum Gasteiger partial charge on any atom is 0.208 e. The highest BCUT2D eigenvalue weighted by Gasteiger charge is 2.30. The number of aryl methyl sites for hydroxylation is 1. The Morgan fingerprint density at radius 1 is 0.935 bits per heavy atom. The van der Waals surface area contributed by atoms with Gasteiger partial charge in [0.2, 0.25) is 5.95 Å².